The molecule has 2 atom stereocenters. The fourth-order valence-corrected chi connectivity index (χ4v) is 6.84. The minimum Gasteiger partial charge on any atom is -0.346 e. The van der Waals surface area contributed by atoms with E-state index in [2.05, 4.69) is 36.2 Å². The van der Waals surface area contributed by atoms with Gasteiger partial charge in [0.2, 0.25) is 11.7 Å². The summed E-state index contributed by atoms with van der Waals surface area (Å²) in [4.78, 5) is 46.2. The van der Waals surface area contributed by atoms with Gasteiger partial charge in [-0.1, -0.05) is 24.3 Å². The monoisotopic (exact) mass is 700 g/mol. The molecule has 0 spiro atoms. The number of carbonyl (C=O) groups excluding carboxylic acids is 3. The molecule has 6 rings (SSSR count). The van der Waals surface area contributed by atoms with E-state index in [1.165, 1.54) is 4.90 Å². The van der Waals surface area contributed by atoms with E-state index in [9.17, 15) is 23.2 Å². The fourth-order valence-electron chi connectivity index (χ4n) is 6.84. The first kappa shape index (κ1) is 35.8. The predicted octanol–water partition coefficient (Wildman–Crippen LogP) is 3.16. The smallest absolute Gasteiger partial charge is 0.270 e. The summed E-state index contributed by atoms with van der Waals surface area (Å²) >= 11 is 0. The number of hydrogen-bond donors (Lipinski definition) is 5. The van der Waals surface area contributed by atoms with E-state index in [-0.39, 0.29) is 30.5 Å². The normalized spacial score (nSPS) is 20.7. The van der Waals surface area contributed by atoms with E-state index < -0.39 is 42.8 Å². The van der Waals surface area contributed by atoms with Gasteiger partial charge in [0, 0.05) is 42.2 Å². The number of piperidine rings is 1. The third-order valence-corrected chi connectivity index (χ3v) is 9.73. The molecule has 2 aromatic heterocycles. The Balaban J connectivity index is 1.14. The van der Waals surface area contributed by atoms with Crippen LogP contribution in [-0.2, 0) is 16.0 Å². The second-order valence-electron chi connectivity index (χ2n) is 13.5. The number of aromatic amines is 1. The number of carbonyl (C=O) groups is 3. The average Bonchev–Trinajstić information content (AvgIpc) is 3.67. The van der Waals surface area contributed by atoms with Crippen LogP contribution in [0.1, 0.15) is 53.7 Å². The molecule has 15 heteroatoms. The molecular weight excluding hydrogens is 658 g/mol. The largest absolute Gasteiger partial charge is 0.346 e. The zero-order valence-corrected chi connectivity index (χ0v) is 28.3. The maximum absolute atomic E-state index is 14.0. The summed E-state index contributed by atoms with van der Waals surface area (Å²) in [5, 5.41) is 19.3. The van der Waals surface area contributed by atoms with Crippen LogP contribution in [0.2, 0.25) is 0 Å². The number of nitrogens with one attached hydrogen (secondary N) is 3. The number of hydrogen-bond acceptors (Lipinski definition) is 10. The molecule has 0 bridgehead atoms. The molecule has 3 amide bonds. The Labute approximate surface area is 294 Å². The molecule has 2 fully saturated rings. The van der Waals surface area contributed by atoms with Crippen molar-refractivity contribution in [3.63, 3.8) is 0 Å². The number of tetrazole rings is 1. The standard InChI is InChI=1S/C36H42F2N10O3/c1-21-14-31(33(49)43-27-16-36(37,38)20-41-18-27)42-19-29(21)24-6-2-22(3-7-24)15-30(40)35(51)48(34(50)26-8-4-23(17-39)5-9-26)28-12-10-25(11-13-28)32-44-46-47-45-32/h2-3,6-7,10-14,19,23,26-27,30,41H,4-5,8-9,15-18,20,39-40H2,1H3,(H,43,49)(H,44,45,46,47)/t23?,26?,27?,30-/m0/s1. The van der Waals surface area contributed by atoms with Gasteiger partial charge in [-0.3, -0.25) is 19.4 Å². The summed E-state index contributed by atoms with van der Waals surface area (Å²) in [6.07, 6.45) is 4.30. The Bertz CT molecular complexity index is 1830. The molecule has 4 aromatic rings. The molecule has 268 valence electrons. The van der Waals surface area contributed by atoms with E-state index in [0.717, 1.165) is 35.1 Å². The summed E-state index contributed by atoms with van der Waals surface area (Å²) in [5.74, 6) is -3.72. The molecule has 3 heterocycles. The van der Waals surface area contributed by atoms with Crippen molar-refractivity contribution in [2.75, 3.05) is 24.5 Å². The van der Waals surface area contributed by atoms with Gasteiger partial charge in [-0.2, -0.15) is 5.21 Å². The van der Waals surface area contributed by atoms with Crippen molar-refractivity contribution >= 4 is 23.4 Å². The molecule has 1 aliphatic carbocycles. The fraction of sp³-hybridized carbons (Fsp3) is 0.417. The Morgan fingerprint density at radius 2 is 1.75 bits per heavy atom. The number of imide groups is 1. The van der Waals surface area contributed by atoms with E-state index in [0.29, 0.717) is 42.4 Å². The van der Waals surface area contributed by atoms with Gasteiger partial charge in [-0.05, 0) is 104 Å². The number of aryl methyl sites for hydroxylation is 1. The number of amides is 3. The Morgan fingerprint density at radius 3 is 2.37 bits per heavy atom. The molecule has 2 aliphatic rings. The van der Waals surface area contributed by atoms with Gasteiger partial charge < -0.3 is 22.1 Å². The van der Waals surface area contributed by atoms with Gasteiger partial charge >= 0.3 is 0 Å². The van der Waals surface area contributed by atoms with Crippen molar-refractivity contribution in [1.82, 2.24) is 36.2 Å². The van der Waals surface area contributed by atoms with Crippen molar-refractivity contribution in [3.05, 3.63) is 77.6 Å². The molecular formula is C36H42F2N10O3. The number of benzene rings is 2. The van der Waals surface area contributed by atoms with Crippen LogP contribution in [0.15, 0.2) is 60.8 Å². The van der Waals surface area contributed by atoms with Crippen molar-refractivity contribution < 1.29 is 23.2 Å². The lowest BCUT2D eigenvalue weighted by molar-refractivity contribution is -0.130. The third kappa shape index (κ3) is 8.49. The molecule has 13 nitrogen and oxygen atoms in total. The predicted molar refractivity (Wildman–Crippen MR) is 186 cm³/mol. The van der Waals surface area contributed by atoms with Crippen LogP contribution in [0, 0.1) is 18.8 Å². The molecule has 51 heavy (non-hydrogen) atoms. The number of nitrogens with zero attached hydrogens (tertiary/aromatic N) is 5. The van der Waals surface area contributed by atoms with Gasteiger partial charge in [0.25, 0.3) is 17.7 Å². The highest BCUT2D eigenvalue weighted by atomic mass is 19.3. The zero-order valence-electron chi connectivity index (χ0n) is 28.3. The average molecular weight is 701 g/mol. The number of aromatic nitrogens is 5. The van der Waals surface area contributed by atoms with E-state index in [1.807, 2.05) is 31.2 Å². The number of pyridine rings is 1. The van der Waals surface area contributed by atoms with Crippen LogP contribution in [-0.4, -0.2) is 81.0 Å². The van der Waals surface area contributed by atoms with Crippen LogP contribution in [0.3, 0.4) is 0 Å². The van der Waals surface area contributed by atoms with Crippen LogP contribution < -0.4 is 27.0 Å². The Kier molecular flexibility index (Phi) is 10.9. The number of alkyl halides is 2. The summed E-state index contributed by atoms with van der Waals surface area (Å²) < 4.78 is 27.5. The molecule has 1 saturated heterocycles. The van der Waals surface area contributed by atoms with Gasteiger partial charge in [0.05, 0.1) is 18.3 Å². The van der Waals surface area contributed by atoms with Gasteiger partial charge in [-0.25, -0.2) is 13.7 Å². The zero-order chi connectivity index (χ0) is 36.1. The topological polar surface area (TPSA) is 198 Å². The van der Waals surface area contributed by atoms with Crippen molar-refractivity contribution in [3.8, 4) is 22.5 Å². The minimum atomic E-state index is -2.88. The van der Waals surface area contributed by atoms with E-state index in [4.69, 9.17) is 11.5 Å². The molecule has 1 aliphatic heterocycles. The Morgan fingerprint density at radius 1 is 1.04 bits per heavy atom. The molecule has 1 unspecified atom stereocenters. The molecule has 0 radical (unpaired) electrons. The van der Waals surface area contributed by atoms with Gasteiger partial charge in [0.15, 0.2) is 0 Å². The lowest BCUT2D eigenvalue weighted by Gasteiger charge is -2.32. The quantitative estimate of drug-likeness (QED) is 0.164. The SMILES string of the molecule is Cc1cc(C(=O)NC2CNCC(F)(F)C2)ncc1-c1ccc(C[C@H](N)C(=O)N(C(=O)C2CCC(CN)CC2)c2ccc(-c3nn[nH]n3)cc2)cc1. The minimum absolute atomic E-state index is 0.141. The molecule has 7 N–H and O–H groups in total. The third-order valence-electron chi connectivity index (χ3n) is 9.73. The van der Waals surface area contributed by atoms with Crippen molar-refractivity contribution in [2.45, 2.75) is 63.5 Å². The lowest BCUT2D eigenvalue weighted by Crippen LogP contribution is -2.53. The van der Waals surface area contributed by atoms with E-state index >= 15 is 0 Å². The highest BCUT2D eigenvalue weighted by Gasteiger charge is 2.37. The van der Waals surface area contributed by atoms with E-state index in [1.54, 1.807) is 36.5 Å². The maximum Gasteiger partial charge on any atom is 0.270 e. The Hall–Kier alpha value is -4.99. The highest BCUT2D eigenvalue weighted by molar-refractivity contribution is 6.17. The van der Waals surface area contributed by atoms with Gasteiger partial charge in [0.1, 0.15) is 5.69 Å². The number of nitrogens with two attached hydrogens (primary N) is 2. The first-order valence-electron chi connectivity index (χ1n) is 17.1. The number of anilines is 1. The second kappa shape index (κ2) is 15.5. The molecule has 1 saturated carbocycles. The second-order valence-corrected chi connectivity index (χ2v) is 13.5. The van der Waals surface area contributed by atoms with Crippen molar-refractivity contribution in [2.24, 2.45) is 23.3 Å². The molecule has 2 aromatic carbocycles. The first-order chi connectivity index (χ1) is 24.5. The van der Waals surface area contributed by atoms with Crippen LogP contribution in [0.25, 0.3) is 22.5 Å². The summed E-state index contributed by atoms with van der Waals surface area (Å²) in [6, 6.07) is 14.2. The van der Waals surface area contributed by atoms with Crippen LogP contribution >= 0.6 is 0 Å². The van der Waals surface area contributed by atoms with Crippen LogP contribution in [0.5, 0.6) is 0 Å². The number of H-pyrrole nitrogens is 1. The van der Waals surface area contributed by atoms with Gasteiger partial charge in [-0.15, -0.1) is 10.2 Å². The summed E-state index contributed by atoms with van der Waals surface area (Å²) in [7, 11) is 0. The van der Waals surface area contributed by atoms with Crippen LogP contribution in [0.4, 0.5) is 14.5 Å². The summed E-state index contributed by atoms with van der Waals surface area (Å²) in [6.45, 7) is 2.28. The maximum atomic E-state index is 14.0. The summed E-state index contributed by atoms with van der Waals surface area (Å²) in [5.41, 5.74) is 16.8. The number of rotatable bonds is 10. The first-order valence-corrected chi connectivity index (χ1v) is 17.1. The number of halogens is 2. The van der Waals surface area contributed by atoms with Crippen molar-refractivity contribution in [1.29, 1.82) is 0 Å². The lowest BCUT2D eigenvalue weighted by atomic mass is 9.81. The highest BCUT2D eigenvalue weighted by Crippen LogP contribution is 2.32.